The minimum atomic E-state index is -0.0331. The zero-order valence-electron chi connectivity index (χ0n) is 16.8. The van der Waals surface area contributed by atoms with E-state index in [-0.39, 0.29) is 5.91 Å². The molecule has 150 valence electrons. The van der Waals surface area contributed by atoms with E-state index in [2.05, 4.69) is 41.8 Å². The first-order valence-corrected chi connectivity index (χ1v) is 10.1. The van der Waals surface area contributed by atoms with Gasteiger partial charge in [0.25, 0.3) is 5.91 Å². The highest BCUT2D eigenvalue weighted by Crippen LogP contribution is 2.24. The molecule has 0 spiro atoms. The predicted molar refractivity (Wildman–Crippen MR) is 109 cm³/mol. The molecule has 1 aromatic carbocycles. The van der Waals surface area contributed by atoms with Gasteiger partial charge in [0.15, 0.2) is 5.76 Å². The lowest BCUT2D eigenvalue weighted by Gasteiger charge is -2.36. The Labute approximate surface area is 166 Å². The molecular formula is C22H29N3O3. The van der Waals surface area contributed by atoms with Crippen LogP contribution in [0.4, 0.5) is 5.69 Å². The molecule has 6 nitrogen and oxygen atoms in total. The van der Waals surface area contributed by atoms with Gasteiger partial charge >= 0.3 is 0 Å². The number of benzene rings is 1. The van der Waals surface area contributed by atoms with E-state index in [0.29, 0.717) is 32.1 Å². The van der Waals surface area contributed by atoms with Crippen LogP contribution in [0.15, 0.2) is 34.7 Å². The molecule has 2 aromatic rings. The van der Waals surface area contributed by atoms with Gasteiger partial charge in [0, 0.05) is 45.0 Å². The average molecular weight is 383 g/mol. The average Bonchev–Trinajstić information content (AvgIpc) is 3.19. The Kier molecular flexibility index (Phi) is 5.69. The Morgan fingerprint density at radius 2 is 1.71 bits per heavy atom. The lowest BCUT2D eigenvalue weighted by Crippen LogP contribution is -2.46. The fraction of sp³-hybridized carbons (Fsp3) is 0.500. The largest absolute Gasteiger partial charge is 0.455 e. The van der Waals surface area contributed by atoms with Crippen LogP contribution in [0.2, 0.25) is 0 Å². The molecule has 0 unspecified atom stereocenters. The summed E-state index contributed by atoms with van der Waals surface area (Å²) in [4.78, 5) is 19.2. The van der Waals surface area contributed by atoms with Crippen LogP contribution in [0.1, 0.15) is 27.4 Å². The molecule has 3 heterocycles. The summed E-state index contributed by atoms with van der Waals surface area (Å²) in [6, 6.07) is 10.3. The quantitative estimate of drug-likeness (QED) is 0.813. The second-order valence-electron chi connectivity index (χ2n) is 7.65. The third-order valence-corrected chi connectivity index (χ3v) is 5.84. The fourth-order valence-corrected chi connectivity index (χ4v) is 3.95. The van der Waals surface area contributed by atoms with Crippen LogP contribution in [0.25, 0.3) is 0 Å². The van der Waals surface area contributed by atoms with E-state index in [1.165, 1.54) is 16.8 Å². The molecule has 2 aliphatic rings. The third kappa shape index (κ3) is 4.08. The number of hydrogen-bond donors (Lipinski definition) is 0. The molecule has 2 fully saturated rings. The van der Waals surface area contributed by atoms with Crippen LogP contribution in [0.5, 0.6) is 0 Å². The third-order valence-electron chi connectivity index (χ3n) is 5.84. The van der Waals surface area contributed by atoms with E-state index in [9.17, 15) is 4.79 Å². The van der Waals surface area contributed by atoms with E-state index in [4.69, 9.17) is 9.15 Å². The Morgan fingerprint density at radius 3 is 2.46 bits per heavy atom. The number of anilines is 1. The number of furan rings is 1. The number of carbonyl (C=O) groups is 1. The summed E-state index contributed by atoms with van der Waals surface area (Å²) in [6.45, 7) is 11.6. The van der Waals surface area contributed by atoms with Gasteiger partial charge in [0.05, 0.1) is 19.8 Å². The number of piperazine rings is 1. The Balaban J connectivity index is 1.32. The van der Waals surface area contributed by atoms with Crippen molar-refractivity contribution in [1.82, 2.24) is 9.80 Å². The number of morpholine rings is 1. The summed E-state index contributed by atoms with van der Waals surface area (Å²) >= 11 is 0. The number of amides is 1. The molecular weight excluding hydrogens is 354 g/mol. The van der Waals surface area contributed by atoms with Crippen molar-refractivity contribution in [2.45, 2.75) is 20.4 Å². The van der Waals surface area contributed by atoms with Gasteiger partial charge in [-0.1, -0.05) is 12.1 Å². The van der Waals surface area contributed by atoms with Crippen molar-refractivity contribution in [1.29, 1.82) is 0 Å². The molecule has 0 aliphatic carbocycles. The van der Waals surface area contributed by atoms with Gasteiger partial charge in [-0.05, 0) is 43.2 Å². The fourth-order valence-electron chi connectivity index (χ4n) is 3.95. The number of ether oxygens (including phenoxy) is 1. The van der Waals surface area contributed by atoms with Crippen LogP contribution in [-0.4, -0.2) is 68.2 Å². The molecule has 6 heteroatoms. The maximum absolute atomic E-state index is 12.5. The zero-order valence-corrected chi connectivity index (χ0v) is 16.8. The van der Waals surface area contributed by atoms with Crippen molar-refractivity contribution in [3.63, 3.8) is 0 Å². The second kappa shape index (κ2) is 8.37. The second-order valence-corrected chi connectivity index (χ2v) is 7.65. The lowest BCUT2D eigenvalue weighted by atomic mass is 10.1. The number of carbonyl (C=O) groups excluding carboxylic acids is 1. The van der Waals surface area contributed by atoms with E-state index in [1.807, 2.05) is 6.07 Å². The first-order chi connectivity index (χ1) is 13.6. The van der Waals surface area contributed by atoms with Crippen molar-refractivity contribution < 1.29 is 13.9 Å². The molecule has 2 saturated heterocycles. The normalized spacial score (nSPS) is 18.5. The van der Waals surface area contributed by atoms with Gasteiger partial charge < -0.3 is 19.0 Å². The zero-order chi connectivity index (χ0) is 19.5. The number of nitrogens with zero attached hydrogens (tertiary/aromatic N) is 3. The molecule has 0 atom stereocenters. The minimum Gasteiger partial charge on any atom is -0.455 e. The van der Waals surface area contributed by atoms with Crippen molar-refractivity contribution in [2.75, 3.05) is 57.4 Å². The van der Waals surface area contributed by atoms with Crippen LogP contribution in [-0.2, 0) is 11.3 Å². The van der Waals surface area contributed by atoms with Gasteiger partial charge in [-0.2, -0.15) is 0 Å². The Hall–Kier alpha value is -2.31. The molecule has 0 saturated carbocycles. The highest BCUT2D eigenvalue weighted by Gasteiger charge is 2.23. The topological polar surface area (TPSA) is 49.2 Å². The SMILES string of the molecule is Cc1cccc(N2CCN(Cc3ccc(C(=O)N4CCOCC4)o3)CC2)c1C. The summed E-state index contributed by atoms with van der Waals surface area (Å²) in [6.07, 6.45) is 0. The standard InChI is InChI=1S/C22H29N3O3/c1-17-4-3-5-20(18(17)2)24-10-8-23(9-11-24)16-19-6-7-21(28-19)22(26)25-12-14-27-15-13-25/h3-7H,8-16H2,1-2H3. The summed E-state index contributed by atoms with van der Waals surface area (Å²) in [5, 5.41) is 0. The highest BCUT2D eigenvalue weighted by molar-refractivity contribution is 5.91. The molecule has 1 amide bonds. The number of aryl methyl sites for hydroxylation is 1. The first-order valence-electron chi connectivity index (χ1n) is 10.1. The highest BCUT2D eigenvalue weighted by atomic mass is 16.5. The molecule has 0 radical (unpaired) electrons. The maximum Gasteiger partial charge on any atom is 0.289 e. The van der Waals surface area contributed by atoms with Crippen LogP contribution < -0.4 is 4.90 Å². The van der Waals surface area contributed by atoms with Crippen LogP contribution >= 0.6 is 0 Å². The molecule has 0 bridgehead atoms. The van der Waals surface area contributed by atoms with Gasteiger partial charge in [-0.3, -0.25) is 9.69 Å². The minimum absolute atomic E-state index is 0.0331. The lowest BCUT2D eigenvalue weighted by molar-refractivity contribution is 0.0281. The Morgan fingerprint density at radius 1 is 0.964 bits per heavy atom. The van der Waals surface area contributed by atoms with E-state index in [1.54, 1.807) is 11.0 Å². The van der Waals surface area contributed by atoms with Crippen molar-refractivity contribution in [3.8, 4) is 0 Å². The van der Waals surface area contributed by atoms with Crippen molar-refractivity contribution in [2.24, 2.45) is 0 Å². The van der Waals surface area contributed by atoms with Gasteiger partial charge in [0.1, 0.15) is 5.76 Å². The van der Waals surface area contributed by atoms with E-state index >= 15 is 0 Å². The smallest absolute Gasteiger partial charge is 0.289 e. The molecule has 1 aromatic heterocycles. The van der Waals surface area contributed by atoms with E-state index < -0.39 is 0 Å². The molecule has 2 aliphatic heterocycles. The van der Waals surface area contributed by atoms with Gasteiger partial charge in [-0.15, -0.1) is 0 Å². The summed E-state index contributed by atoms with van der Waals surface area (Å²) in [7, 11) is 0. The monoisotopic (exact) mass is 383 g/mol. The van der Waals surface area contributed by atoms with Gasteiger partial charge in [0.2, 0.25) is 0 Å². The van der Waals surface area contributed by atoms with Crippen LogP contribution in [0.3, 0.4) is 0 Å². The van der Waals surface area contributed by atoms with Crippen LogP contribution in [0, 0.1) is 13.8 Å². The van der Waals surface area contributed by atoms with Crippen molar-refractivity contribution >= 4 is 11.6 Å². The summed E-state index contributed by atoms with van der Waals surface area (Å²) < 4.78 is 11.2. The summed E-state index contributed by atoms with van der Waals surface area (Å²) in [5.74, 6) is 1.26. The molecule has 28 heavy (non-hydrogen) atoms. The maximum atomic E-state index is 12.5. The van der Waals surface area contributed by atoms with E-state index in [0.717, 1.165) is 38.5 Å². The number of hydrogen-bond acceptors (Lipinski definition) is 5. The molecule has 0 N–H and O–H groups in total. The molecule has 4 rings (SSSR count). The van der Waals surface area contributed by atoms with Crippen molar-refractivity contribution in [3.05, 3.63) is 53.0 Å². The Bertz CT molecular complexity index is 818. The number of rotatable bonds is 4. The predicted octanol–water partition coefficient (Wildman–Crippen LogP) is 2.69. The van der Waals surface area contributed by atoms with Gasteiger partial charge in [-0.25, -0.2) is 0 Å². The first kappa shape index (κ1) is 19.0. The summed E-state index contributed by atoms with van der Waals surface area (Å²) in [5.41, 5.74) is 4.05.